The van der Waals surface area contributed by atoms with Gasteiger partial charge in [0.2, 0.25) is 5.03 Å². The van der Waals surface area contributed by atoms with Crippen LogP contribution in [0.2, 0.25) is 0 Å². The monoisotopic (exact) mass is 314 g/mol. The van der Waals surface area contributed by atoms with E-state index in [0.717, 1.165) is 30.5 Å². The topological polar surface area (TPSA) is 96.4 Å². The molecular formula is C12H8F2N2O4S. The number of sulfonamides is 1. The molecule has 0 saturated heterocycles. The molecule has 0 unspecified atom stereocenters. The Labute approximate surface area is 118 Å². The Hall–Kier alpha value is -2.55. The van der Waals surface area contributed by atoms with Gasteiger partial charge in [0.15, 0.2) is 5.82 Å². The summed E-state index contributed by atoms with van der Waals surface area (Å²) in [6.07, 6.45) is 1.06. The number of aromatic carboxylic acids is 1. The van der Waals surface area contributed by atoms with Crippen LogP contribution < -0.4 is 4.72 Å². The number of carboxylic acid groups (broad SMARTS) is 1. The first kappa shape index (κ1) is 14.9. The highest BCUT2D eigenvalue weighted by atomic mass is 32.2. The van der Waals surface area contributed by atoms with Crippen LogP contribution in [0.5, 0.6) is 0 Å². The molecule has 21 heavy (non-hydrogen) atoms. The van der Waals surface area contributed by atoms with Crippen LogP contribution in [-0.2, 0) is 10.0 Å². The SMILES string of the molecule is O=C(O)c1c(F)cccc1NS(=O)(=O)c1ncccc1F. The first-order valence-electron chi connectivity index (χ1n) is 5.48. The summed E-state index contributed by atoms with van der Waals surface area (Å²) in [6, 6.07) is 5.10. The molecule has 110 valence electrons. The van der Waals surface area contributed by atoms with Gasteiger partial charge in [-0.15, -0.1) is 0 Å². The van der Waals surface area contributed by atoms with Gasteiger partial charge >= 0.3 is 5.97 Å². The van der Waals surface area contributed by atoms with Crippen molar-refractivity contribution in [3.8, 4) is 0 Å². The number of hydrogen-bond donors (Lipinski definition) is 2. The van der Waals surface area contributed by atoms with Gasteiger partial charge in [0.1, 0.15) is 11.4 Å². The lowest BCUT2D eigenvalue weighted by atomic mass is 10.2. The Bertz CT molecular complexity index is 809. The van der Waals surface area contributed by atoms with Gasteiger partial charge in [0.05, 0.1) is 5.69 Å². The van der Waals surface area contributed by atoms with Crippen molar-refractivity contribution in [3.05, 3.63) is 53.7 Å². The Balaban J connectivity index is 2.50. The summed E-state index contributed by atoms with van der Waals surface area (Å²) in [6.45, 7) is 0. The summed E-state index contributed by atoms with van der Waals surface area (Å²) in [4.78, 5) is 14.3. The zero-order valence-corrected chi connectivity index (χ0v) is 11.1. The summed E-state index contributed by atoms with van der Waals surface area (Å²) in [7, 11) is -4.48. The maximum Gasteiger partial charge on any atom is 0.340 e. The predicted octanol–water partition coefficient (Wildman–Crippen LogP) is 1.86. The van der Waals surface area contributed by atoms with E-state index in [1.54, 1.807) is 0 Å². The molecule has 2 aromatic rings. The normalized spacial score (nSPS) is 11.1. The average Bonchev–Trinajstić information content (AvgIpc) is 2.38. The fraction of sp³-hybridized carbons (Fsp3) is 0. The highest BCUT2D eigenvalue weighted by molar-refractivity contribution is 7.92. The molecule has 2 rings (SSSR count). The lowest BCUT2D eigenvalue weighted by Gasteiger charge is -2.10. The minimum atomic E-state index is -4.48. The molecule has 0 saturated carbocycles. The summed E-state index contributed by atoms with van der Waals surface area (Å²) in [5, 5.41) is 7.99. The molecule has 0 bridgehead atoms. The standard InChI is InChI=1S/C12H8F2N2O4S/c13-7-3-1-5-9(10(7)12(17)18)16-21(19,20)11-8(14)4-2-6-15-11/h1-6,16H,(H,17,18). The minimum Gasteiger partial charge on any atom is -0.478 e. The third-order valence-electron chi connectivity index (χ3n) is 2.45. The van der Waals surface area contributed by atoms with Gasteiger partial charge in [-0.3, -0.25) is 4.72 Å². The number of benzene rings is 1. The van der Waals surface area contributed by atoms with Crippen molar-refractivity contribution >= 4 is 21.7 Å². The van der Waals surface area contributed by atoms with E-state index in [1.165, 1.54) is 6.07 Å². The first-order valence-corrected chi connectivity index (χ1v) is 6.96. The van der Waals surface area contributed by atoms with Crippen LogP contribution in [0.1, 0.15) is 10.4 Å². The lowest BCUT2D eigenvalue weighted by molar-refractivity contribution is 0.0693. The molecule has 0 radical (unpaired) electrons. The predicted molar refractivity (Wildman–Crippen MR) is 68.4 cm³/mol. The number of halogens is 2. The van der Waals surface area contributed by atoms with Crippen molar-refractivity contribution in [2.24, 2.45) is 0 Å². The van der Waals surface area contributed by atoms with Gasteiger partial charge < -0.3 is 5.11 Å². The number of pyridine rings is 1. The number of carboxylic acids is 1. The van der Waals surface area contributed by atoms with Crippen LogP contribution in [0.3, 0.4) is 0 Å². The summed E-state index contributed by atoms with van der Waals surface area (Å²) in [5.74, 6) is -3.89. The molecule has 0 amide bonds. The number of carbonyl (C=O) groups is 1. The molecule has 0 aliphatic heterocycles. The van der Waals surface area contributed by atoms with Crippen LogP contribution in [0.15, 0.2) is 41.6 Å². The fourth-order valence-corrected chi connectivity index (χ4v) is 2.67. The van der Waals surface area contributed by atoms with E-state index in [4.69, 9.17) is 5.11 Å². The van der Waals surface area contributed by atoms with Crippen LogP contribution in [-0.4, -0.2) is 24.5 Å². The Morgan fingerprint density at radius 3 is 2.43 bits per heavy atom. The van der Waals surface area contributed by atoms with Gasteiger partial charge in [-0.2, -0.15) is 8.42 Å². The van der Waals surface area contributed by atoms with Crippen molar-refractivity contribution in [1.29, 1.82) is 0 Å². The average molecular weight is 314 g/mol. The van der Waals surface area contributed by atoms with Gasteiger partial charge in [0, 0.05) is 6.20 Å². The number of nitrogens with one attached hydrogen (secondary N) is 1. The number of anilines is 1. The smallest absolute Gasteiger partial charge is 0.340 e. The van der Waals surface area contributed by atoms with Gasteiger partial charge in [-0.25, -0.2) is 18.6 Å². The van der Waals surface area contributed by atoms with E-state index in [1.807, 2.05) is 4.72 Å². The van der Waals surface area contributed by atoms with Crippen molar-refractivity contribution in [2.45, 2.75) is 5.03 Å². The zero-order chi connectivity index (χ0) is 15.6. The molecule has 0 atom stereocenters. The Kier molecular flexibility index (Phi) is 3.85. The zero-order valence-electron chi connectivity index (χ0n) is 10.2. The van der Waals surface area contributed by atoms with E-state index in [2.05, 4.69) is 4.98 Å². The second-order valence-corrected chi connectivity index (χ2v) is 5.46. The molecular weight excluding hydrogens is 306 g/mol. The van der Waals surface area contributed by atoms with Crippen molar-refractivity contribution in [2.75, 3.05) is 4.72 Å². The quantitative estimate of drug-likeness (QED) is 0.898. The first-order chi connectivity index (χ1) is 9.83. The molecule has 2 N–H and O–H groups in total. The number of aromatic nitrogens is 1. The van der Waals surface area contributed by atoms with Crippen LogP contribution in [0.25, 0.3) is 0 Å². The minimum absolute atomic E-state index is 0.521. The van der Waals surface area contributed by atoms with Crippen molar-refractivity contribution in [3.63, 3.8) is 0 Å². The molecule has 1 aromatic carbocycles. The van der Waals surface area contributed by atoms with Crippen LogP contribution >= 0.6 is 0 Å². The maximum absolute atomic E-state index is 13.5. The summed E-state index contributed by atoms with van der Waals surface area (Å²) in [5.41, 5.74) is -1.38. The Morgan fingerprint density at radius 2 is 1.81 bits per heavy atom. The van der Waals surface area contributed by atoms with E-state index < -0.39 is 43.9 Å². The van der Waals surface area contributed by atoms with E-state index in [0.29, 0.717) is 0 Å². The van der Waals surface area contributed by atoms with E-state index >= 15 is 0 Å². The Morgan fingerprint density at radius 1 is 1.14 bits per heavy atom. The third-order valence-corrected chi connectivity index (χ3v) is 3.75. The van der Waals surface area contributed by atoms with Gasteiger partial charge in [0.25, 0.3) is 10.0 Å². The van der Waals surface area contributed by atoms with Crippen LogP contribution in [0, 0.1) is 11.6 Å². The molecule has 6 nitrogen and oxygen atoms in total. The second kappa shape index (κ2) is 5.44. The van der Waals surface area contributed by atoms with Crippen LogP contribution in [0.4, 0.5) is 14.5 Å². The van der Waals surface area contributed by atoms with Crippen molar-refractivity contribution in [1.82, 2.24) is 4.98 Å². The third kappa shape index (κ3) is 2.97. The number of rotatable bonds is 4. The molecule has 1 aromatic heterocycles. The lowest BCUT2D eigenvalue weighted by Crippen LogP contribution is -2.18. The molecule has 0 aliphatic carbocycles. The number of hydrogen-bond acceptors (Lipinski definition) is 4. The second-order valence-electron chi connectivity index (χ2n) is 3.86. The molecule has 0 fully saturated rings. The molecule has 0 spiro atoms. The fourth-order valence-electron chi connectivity index (χ4n) is 1.59. The molecule has 9 heteroatoms. The molecule has 0 aliphatic rings. The highest BCUT2D eigenvalue weighted by Crippen LogP contribution is 2.22. The molecule has 1 heterocycles. The highest BCUT2D eigenvalue weighted by Gasteiger charge is 2.24. The van der Waals surface area contributed by atoms with Gasteiger partial charge in [-0.1, -0.05) is 6.07 Å². The number of nitrogens with zero attached hydrogens (tertiary/aromatic N) is 1. The van der Waals surface area contributed by atoms with Crippen molar-refractivity contribution < 1.29 is 27.1 Å². The summed E-state index contributed by atoms with van der Waals surface area (Å²) < 4.78 is 52.7. The maximum atomic E-state index is 13.5. The summed E-state index contributed by atoms with van der Waals surface area (Å²) >= 11 is 0. The van der Waals surface area contributed by atoms with E-state index in [9.17, 15) is 22.0 Å². The largest absolute Gasteiger partial charge is 0.478 e. The van der Waals surface area contributed by atoms with E-state index in [-0.39, 0.29) is 0 Å². The van der Waals surface area contributed by atoms with Gasteiger partial charge in [-0.05, 0) is 24.3 Å².